The third kappa shape index (κ3) is 6.16. The molecule has 0 spiro atoms. The molecule has 0 aromatic heterocycles. The Bertz CT molecular complexity index is 833. The van der Waals surface area contributed by atoms with Crippen LogP contribution in [0, 0.1) is 6.92 Å². The van der Waals surface area contributed by atoms with E-state index in [4.69, 9.17) is 5.11 Å². The van der Waals surface area contributed by atoms with Gasteiger partial charge < -0.3 is 15.7 Å². The molecule has 0 bridgehead atoms. The number of hydrogen-bond acceptors (Lipinski definition) is 4. The van der Waals surface area contributed by atoms with E-state index in [1.165, 1.54) is 23.3 Å². The first-order valence-corrected chi connectivity index (χ1v) is 10.1. The number of urea groups is 1. The Balaban J connectivity index is 1.76. The maximum absolute atomic E-state index is 11.8. The minimum absolute atomic E-state index is 0.165. The number of benzene rings is 2. The minimum atomic E-state index is -3.45. The largest absolute Gasteiger partial charge is 0.395 e. The topological polar surface area (TPSA) is 95.5 Å². The number of amides is 2. The second-order valence-electron chi connectivity index (χ2n) is 6.03. The van der Waals surface area contributed by atoms with E-state index in [0.717, 1.165) is 12.0 Å². The van der Waals surface area contributed by atoms with E-state index in [2.05, 4.69) is 16.7 Å². The number of carbonyl (C=O) groups is 1. The molecule has 0 saturated heterocycles. The second kappa shape index (κ2) is 9.35. The summed E-state index contributed by atoms with van der Waals surface area (Å²) >= 11 is 0. The zero-order chi connectivity index (χ0) is 19.0. The molecule has 7 heteroatoms. The fourth-order valence-electron chi connectivity index (χ4n) is 2.49. The highest BCUT2D eigenvalue weighted by atomic mass is 32.2. The van der Waals surface area contributed by atoms with Gasteiger partial charge >= 0.3 is 6.03 Å². The summed E-state index contributed by atoms with van der Waals surface area (Å²) in [5.74, 6) is -0.298. The molecule has 140 valence electrons. The van der Waals surface area contributed by atoms with Crippen LogP contribution < -0.4 is 10.6 Å². The third-order valence-corrected chi connectivity index (χ3v) is 5.59. The number of hydrogen-bond donors (Lipinski definition) is 3. The molecule has 3 N–H and O–H groups in total. The summed E-state index contributed by atoms with van der Waals surface area (Å²) in [7, 11) is -3.45. The van der Waals surface area contributed by atoms with Gasteiger partial charge in [0.25, 0.3) is 0 Å². The van der Waals surface area contributed by atoms with Gasteiger partial charge in [-0.25, -0.2) is 13.2 Å². The predicted molar refractivity (Wildman–Crippen MR) is 101 cm³/mol. The van der Waals surface area contributed by atoms with Gasteiger partial charge in [0.1, 0.15) is 0 Å². The summed E-state index contributed by atoms with van der Waals surface area (Å²) in [6, 6.07) is 14.1. The maximum atomic E-state index is 11.8. The van der Waals surface area contributed by atoms with Gasteiger partial charge in [-0.1, -0.05) is 42.0 Å². The summed E-state index contributed by atoms with van der Waals surface area (Å²) in [5, 5.41) is 14.3. The Hall–Kier alpha value is -2.38. The van der Waals surface area contributed by atoms with E-state index in [0.29, 0.717) is 13.1 Å². The number of sulfone groups is 1. The molecule has 0 radical (unpaired) electrons. The SMILES string of the molecule is Cc1cccc(CCNC(=O)NCc2ccc(S(=O)(=O)CCO)cc2)c1. The summed E-state index contributed by atoms with van der Waals surface area (Å²) in [6.45, 7) is 2.46. The molecule has 2 rings (SSSR count). The lowest BCUT2D eigenvalue weighted by Gasteiger charge is -2.09. The van der Waals surface area contributed by atoms with Crippen LogP contribution in [0.5, 0.6) is 0 Å². The molecule has 0 aliphatic carbocycles. The molecular formula is C19H24N2O4S. The Morgan fingerprint density at radius 1 is 1.04 bits per heavy atom. The van der Waals surface area contributed by atoms with Crippen molar-refractivity contribution in [1.29, 1.82) is 0 Å². The lowest BCUT2D eigenvalue weighted by Crippen LogP contribution is -2.36. The Morgan fingerprint density at radius 3 is 2.42 bits per heavy atom. The van der Waals surface area contributed by atoms with Crippen LogP contribution in [-0.4, -0.2) is 38.5 Å². The fraction of sp³-hybridized carbons (Fsp3) is 0.316. The van der Waals surface area contributed by atoms with Gasteiger partial charge in [-0.15, -0.1) is 0 Å². The number of aliphatic hydroxyl groups excluding tert-OH is 1. The first kappa shape index (κ1) is 19.9. The quantitative estimate of drug-likeness (QED) is 0.655. The predicted octanol–water partition coefficient (Wildman–Crippen LogP) is 1.80. The van der Waals surface area contributed by atoms with E-state index in [9.17, 15) is 13.2 Å². The zero-order valence-corrected chi connectivity index (χ0v) is 15.6. The van der Waals surface area contributed by atoms with Gasteiger partial charge in [0, 0.05) is 13.1 Å². The van der Waals surface area contributed by atoms with Crippen molar-refractivity contribution in [3.63, 3.8) is 0 Å². The number of carbonyl (C=O) groups excluding carboxylic acids is 1. The smallest absolute Gasteiger partial charge is 0.315 e. The van der Waals surface area contributed by atoms with Crippen molar-refractivity contribution < 1.29 is 18.3 Å². The van der Waals surface area contributed by atoms with Crippen molar-refractivity contribution in [2.24, 2.45) is 0 Å². The van der Waals surface area contributed by atoms with E-state index in [-0.39, 0.29) is 16.7 Å². The van der Waals surface area contributed by atoms with Gasteiger partial charge in [-0.3, -0.25) is 0 Å². The van der Waals surface area contributed by atoms with Crippen molar-refractivity contribution in [3.8, 4) is 0 Å². The van der Waals surface area contributed by atoms with Crippen molar-refractivity contribution >= 4 is 15.9 Å². The first-order chi connectivity index (χ1) is 12.4. The second-order valence-corrected chi connectivity index (χ2v) is 8.14. The van der Waals surface area contributed by atoms with Crippen molar-refractivity contribution in [3.05, 3.63) is 65.2 Å². The average molecular weight is 376 g/mol. The minimum Gasteiger partial charge on any atom is -0.395 e. The van der Waals surface area contributed by atoms with Gasteiger partial charge in [-0.05, 0) is 36.6 Å². The molecular weight excluding hydrogens is 352 g/mol. The van der Waals surface area contributed by atoms with Crippen LogP contribution in [0.15, 0.2) is 53.4 Å². The van der Waals surface area contributed by atoms with Crippen LogP contribution in [0.1, 0.15) is 16.7 Å². The lowest BCUT2D eigenvalue weighted by atomic mass is 10.1. The van der Waals surface area contributed by atoms with E-state index < -0.39 is 16.4 Å². The standard InChI is InChI=1S/C19H24N2O4S/c1-15-3-2-4-16(13-15)9-10-20-19(23)21-14-17-5-7-18(8-6-17)26(24,25)12-11-22/h2-8,13,22H,9-12,14H2,1H3,(H2,20,21,23). The summed E-state index contributed by atoms with van der Waals surface area (Å²) in [5.41, 5.74) is 3.16. The van der Waals surface area contributed by atoms with Crippen molar-refractivity contribution in [2.45, 2.75) is 24.8 Å². The number of aryl methyl sites for hydroxylation is 1. The summed E-state index contributed by atoms with van der Waals surface area (Å²) in [4.78, 5) is 12.0. The highest BCUT2D eigenvalue weighted by Gasteiger charge is 2.13. The van der Waals surface area contributed by atoms with Crippen LogP contribution in [0.4, 0.5) is 4.79 Å². The van der Waals surface area contributed by atoms with Crippen molar-refractivity contribution in [1.82, 2.24) is 10.6 Å². The number of aliphatic hydroxyl groups is 1. The summed E-state index contributed by atoms with van der Waals surface area (Å²) < 4.78 is 23.7. The number of nitrogens with one attached hydrogen (secondary N) is 2. The van der Waals surface area contributed by atoms with Crippen LogP contribution in [0.25, 0.3) is 0 Å². The number of rotatable bonds is 8. The molecule has 0 aliphatic heterocycles. The third-order valence-electron chi connectivity index (χ3n) is 3.88. The van der Waals surface area contributed by atoms with Crippen LogP contribution >= 0.6 is 0 Å². The maximum Gasteiger partial charge on any atom is 0.315 e. The van der Waals surface area contributed by atoms with Crippen molar-refractivity contribution in [2.75, 3.05) is 18.9 Å². The molecule has 0 aliphatic rings. The molecule has 26 heavy (non-hydrogen) atoms. The highest BCUT2D eigenvalue weighted by molar-refractivity contribution is 7.91. The average Bonchev–Trinajstić information content (AvgIpc) is 2.60. The molecule has 0 saturated carbocycles. The molecule has 0 atom stereocenters. The van der Waals surface area contributed by atoms with E-state index >= 15 is 0 Å². The zero-order valence-electron chi connectivity index (χ0n) is 14.7. The molecule has 2 amide bonds. The summed E-state index contributed by atoms with van der Waals surface area (Å²) in [6.07, 6.45) is 0.756. The van der Waals surface area contributed by atoms with Gasteiger partial charge in [-0.2, -0.15) is 0 Å². The lowest BCUT2D eigenvalue weighted by molar-refractivity contribution is 0.240. The van der Waals surface area contributed by atoms with E-state index in [1.54, 1.807) is 12.1 Å². The Morgan fingerprint density at radius 2 is 1.77 bits per heavy atom. The Kier molecular flexibility index (Phi) is 7.17. The highest BCUT2D eigenvalue weighted by Crippen LogP contribution is 2.12. The molecule has 2 aromatic carbocycles. The normalized spacial score (nSPS) is 11.2. The van der Waals surface area contributed by atoms with E-state index in [1.807, 2.05) is 25.1 Å². The van der Waals surface area contributed by atoms with Gasteiger partial charge in [0.05, 0.1) is 17.3 Å². The molecule has 0 fully saturated rings. The van der Waals surface area contributed by atoms with Gasteiger partial charge in [0.15, 0.2) is 9.84 Å². The fourth-order valence-corrected chi connectivity index (χ4v) is 3.51. The van der Waals surface area contributed by atoms with Crippen LogP contribution in [0.3, 0.4) is 0 Å². The monoisotopic (exact) mass is 376 g/mol. The van der Waals surface area contributed by atoms with Gasteiger partial charge in [0.2, 0.25) is 0 Å². The molecule has 2 aromatic rings. The Labute approximate surface area is 154 Å². The van der Waals surface area contributed by atoms with Crippen LogP contribution in [-0.2, 0) is 22.8 Å². The molecule has 6 nitrogen and oxygen atoms in total. The first-order valence-electron chi connectivity index (χ1n) is 8.40. The molecule has 0 unspecified atom stereocenters. The van der Waals surface area contributed by atoms with Crippen LogP contribution in [0.2, 0.25) is 0 Å². The molecule has 0 heterocycles.